The van der Waals surface area contributed by atoms with Crippen molar-refractivity contribution < 1.29 is 14.6 Å². The fraction of sp³-hybridized carbons (Fsp3) is 0.273. The van der Waals surface area contributed by atoms with Gasteiger partial charge < -0.3 is 20.1 Å². The van der Waals surface area contributed by atoms with Gasteiger partial charge in [0, 0.05) is 36.1 Å². The lowest BCUT2D eigenvalue weighted by molar-refractivity contribution is -0.112. The van der Waals surface area contributed by atoms with Crippen LogP contribution in [0.3, 0.4) is 0 Å². The molecule has 0 spiro atoms. The second-order valence-electron chi connectivity index (χ2n) is 6.64. The molecule has 0 saturated carbocycles. The number of hydrogen-bond donors (Lipinski definition) is 2. The summed E-state index contributed by atoms with van der Waals surface area (Å²) in [5.74, 6) is 0.205. The van der Waals surface area contributed by atoms with Crippen molar-refractivity contribution in [2.45, 2.75) is 19.3 Å². The molecule has 1 saturated heterocycles. The van der Waals surface area contributed by atoms with E-state index in [0.717, 1.165) is 18.8 Å². The van der Waals surface area contributed by atoms with Crippen molar-refractivity contribution in [3.05, 3.63) is 53.6 Å². The van der Waals surface area contributed by atoms with Crippen LogP contribution in [0.1, 0.15) is 24.8 Å². The number of anilines is 2. The number of phenolic OH excluding ortho intramolecular Hbond substituents is 1. The number of hydrogen-bond acceptors (Lipinski definition) is 5. The van der Waals surface area contributed by atoms with Crippen LogP contribution in [0.5, 0.6) is 11.5 Å². The lowest BCUT2D eigenvalue weighted by Gasteiger charge is -2.29. The van der Waals surface area contributed by atoms with Crippen molar-refractivity contribution in [3.8, 4) is 17.6 Å². The van der Waals surface area contributed by atoms with Gasteiger partial charge in [-0.2, -0.15) is 5.26 Å². The van der Waals surface area contributed by atoms with Gasteiger partial charge in [-0.05, 0) is 61.7 Å². The minimum Gasteiger partial charge on any atom is -0.508 e. The molecule has 0 atom stereocenters. The van der Waals surface area contributed by atoms with Gasteiger partial charge in [0.1, 0.15) is 23.1 Å². The Morgan fingerprint density at radius 3 is 2.54 bits per heavy atom. The molecule has 6 nitrogen and oxygen atoms in total. The van der Waals surface area contributed by atoms with Crippen molar-refractivity contribution in [1.82, 2.24) is 0 Å². The topological polar surface area (TPSA) is 85.6 Å². The second kappa shape index (κ2) is 8.96. The molecule has 0 bridgehead atoms. The molecule has 28 heavy (non-hydrogen) atoms. The van der Waals surface area contributed by atoms with Gasteiger partial charge in [0.25, 0.3) is 5.91 Å². The first-order chi connectivity index (χ1) is 13.6. The standard InChI is InChI=1S/C22H23N3O3/c1-28-21-14-19(25-11-3-2-4-12-25)8-5-16(21)13-17(15-23)22(27)24-18-6-9-20(26)10-7-18/h5-10,13-14,26H,2-4,11-12H2,1H3,(H,24,27). The van der Waals surface area contributed by atoms with E-state index in [9.17, 15) is 15.2 Å². The minimum absolute atomic E-state index is 0.0305. The predicted molar refractivity (Wildman–Crippen MR) is 109 cm³/mol. The van der Waals surface area contributed by atoms with Gasteiger partial charge in [-0.15, -0.1) is 0 Å². The maximum absolute atomic E-state index is 12.4. The minimum atomic E-state index is -0.518. The molecule has 0 radical (unpaired) electrons. The lowest BCUT2D eigenvalue weighted by Crippen LogP contribution is -2.29. The summed E-state index contributed by atoms with van der Waals surface area (Å²) >= 11 is 0. The average Bonchev–Trinajstić information content (AvgIpc) is 2.74. The van der Waals surface area contributed by atoms with Crippen LogP contribution in [-0.2, 0) is 4.79 Å². The molecule has 1 aliphatic rings. The van der Waals surface area contributed by atoms with E-state index < -0.39 is 5.91 Å². The molecule has 0 unspecified atom stereocenters. The summed E-state index contributed by atoms with van der Waals surface area (Å²) < 4.78 is 5.49. The van der Waals surface area contributed by atoms with Gasteiger partial charge in [-0.1, -0.05) is 0 Å². The quantitative estimate of drug-likeness (QED) is 0.468. The third-order valence-electron chi connectivity index (χ3n) is 4.73. The first kappa shape index (κ1) is 19.3. The van der Waals surface area contributed by atoms with E-state index in [4.69, 9.17) is 4.74 Å². The third-order valence-corrected chi connectivity index (χ3v) is 4.73. The molecular formula is C22H23N3O3. The molecule has 144 valence electrons. The Kier molecular flexibility index (Phi) is 6.18. The van der Waals surface area contributed by atoms with E-state index in [1.807, 2.05) is 24.3 Å². The summed E-state index contributed by atoms with van der Waals surface area (Å²) in [6, 6.07) is 13.8. The van der Waals surface area contributed by atoms with Crippen LogP contribution < -0.4 is 15.0 Å². The zero-order chi connectivity index (χ0) is 19.9. The maximum atomic E-state index is 12.4. The number of methoxy groups -OCH3 is 1. The van der Waals surface area contributed by atoms with Gasteiger partial charge in [-0.3, -0.25) is 4.79 Å². The largest absolute Gasteiger partial charge is 0.508 e. The highest BCUT2D eigenvalue weighted by Gasteiger charge is 2.15. The number of nitrogens with one attached hydrogen (secondary N) is 1. The van der Waals surface area contributed by atoms with Gasteiger partial charge in [0.2, 0.25) is 0 Å². The number of nitriles is 1. The summed E-state index contributed by atoms with van der Waals surface area (Å²) in [7, 11) is 1.58. The van der Waals surface area contributed by atoms with E-state index in [1.54, 1.807) is 19.2 Å². The number of piperidine rings is 1. The lowest BCUT2D eigenvalue weighted by atomic mass is 10.1. The Labute approximate surface area is 164 Å². The maximum Gasteiger partial charge on any atom is 0.266 e. The van der Waals surface area contributed by atoms with Crippen LogP contribution in [0.4, 0.5) is 11.4 Å². The van der Waals surface area contributed by atoms with Crippen molar-refractivity contribution in [1.29, 1.82) is 5.26 Å². The molecule has 2 N–H and O–H groups in total. The van der Waals surface area contributed by atoms with Crippen molar-refractivity contribution in [2.24, 2.45) is 0 Å². The van der Waals surface area contributed by atoms with Gasteiger partial charge in [0.05, 0.1) is 7.11 Å². The predicted octanol–water partition coefficient (Wildman–Crippen LogP) is 3.94. The van der Waals surface area contributed by atoms with E-state index in [0.29, 0.717) is 17.0 Å². The molecule has 2 aromatic rings. The van der Waals surface area contributed by atoms with E-state index in [2.05, 4.69) is 10.2 Å². The van der Waals surface area contributed by atoms with Crippen molar-refractivity contribution >= 4 is 23.4 Å². The molecular weight excluding hydrogens is 354 g/mol. The summed E-state index contributed by atoms with van der Waals surface area (Å²) in [6.45, 7) is 2.05. The molecule has 6 heteroatoms. The highest BCUT2D eigenvalue weighted by Crippen LogP contribution is 2.29. The molecule has 0 aromatic heterocycles. The zero-order valence-electron chi connectivity index (χ0n) is 15.8. The summed E-state index contributed by atoms with van der Waals surface area (Å²) in [4.78, 5) is 14.8. The number of phenols is 1. The zero-order valence-corrected chi connectivity index (χ0v) is 15.8. The number of ether oxygens (including phenoxy) is 1. The monoisotopic (exact) mass is 377 g/mol. The molecule has 0 aliphatic carbocycles. The molecule has 1 heterocycles. The van der Waals surface area contributed by atoms with E-state index >= 15 is 0 Å². The molecule has 1 fully saturated rings. The second-order valence-corrected chi connectivity index (χ2v) is 6.64. The van der Waals surface area contributed by atoms with Crippen LogP contribution in [0.25, 0.3) is 6.08 Å². The molecule has 2 aromatic carbocycles. The molecule has 1 aliphatic heterocycles. The molecule has 3 rings (SSSR count). The Morgan fingerprint density at radius 2 is 1.89 bits per heavy atom. The highest BCUT2D eigenvalue weighted by atomic mass is 16.5. The first-order valence-electron chi connectivity index (χ1n) is 9.26. The van der Waals surface area contributed by atoms with Crippen LogP contribution in [0, 0.1) is 11.3 Å². The SMILES string of the molecule is COc1cc(N2CCCCC2)ccc1C=C(C#N)C(=O)Nc1ccc(O)cc1. The van der Waals surface area contributed by atoms with E-state index in [-0.39, 0.29) is 11.3 Å². The van der Waals surface area contributed by atoms with Crippen molar-refractivity contribution in [3.63, 3.8) is 0 Å². The van der Waals surface area contributed by atoms with Crippen LogP contribution in [0.2, 0.25) is 0 Å². The van der Waals surface area contributed by atoms with Gasteiger partial charge in [-0.25, -0.2) is 0 Å². The van der Waals surface area contributed by atoms with Gasteiger partial charge >= 0.3 is 0 Å². The number of aromatic hydroxyl groups is 1. The highest BCUT2D eigenvalue weighted by molar-refractivity contribution is 6.09. The average molecular weight is 377 g/mol. The summed E-state index contributed by atoms with van der Waals surface area (Å²) in [5, 5.41) is 21.4. The number of amides is 1. The summed E-state index contributed by atoms with van der Waals surface area (Å²) in [6.07, 6.45) is 5.14. The van der Waals surface area contributed by atoms with Gasteiger partial charge in [0.15, 0.2) is 0 Å². The Bertz CT molecular complexity index is 908. The Morgan fingerprint density at radius 1 is 1.18 bits per heavy atom. The summed E-state index contributed by atoms with van der Waals surface area (Å²) in [5.41, 5.74) is 2.22. The van der Waals surface area contributed by atoms with Crippen LogP contribution in [-0.4, -0.2) is 31.2 Å². The van der Waals surface area contributed by atoms with Crippen LogP contribution >= 0.6 is 0 Å². The van der Waals surface area contributed by atoms with Crippen LogP contribution in [0.15, 0.2) is 48.0 Å². The smallest absolute Gasteiger partial charge is 0.266 e. The number of benzene rings is 2. The Hall–Kier alpha value is -3.46. The number of rotatable bonds is 5. The third kappa shape index (κ3) is 4.63. The Balaban J connectivity index is 1.81. The molecule has 1 amide bonds. The number of nitrogens with zero attached hydrogens (tertiary/aromatic N) is 2. The fourth-order valence-electron chi connectivity index (χ4n) is 3.22. The number of carbonyl (C=O) groups is 1. The first-order valence-corrected chi connectivity index (χ1v) is 9.26. The fourth-order valence-corrected chi connectivity index (χ4v) is 3.22. The van der Waals surface area contributed by atoms with E-state index in [1.165, 1.54) is 37.5 Å². The van der Waals surface area contributed by atoms with Crippen molar-refractivity contribution in [2.75, 3.05) is 30.4 Å². The number of carbonyl (C=O) groups excluding carboxylic acids is 1. The normalized spacial score (nSPS) is 14.3.